The van der Waals surface area contributed by atoms with Crippen LogP contribution in [0.2, 0.25) is 0 Å². The van der Waals surface area contributed by atoms with Gasteiger partial charge in [0.05, 0.1) is 12.0 Å². The third kappa shape index (κ3) is 7.55. The van der Waals surface area contributed by atoms with Gasteiger partial charge in [-0.3, -0.25) is 9.59 Å². The molecule has 0 aliphatic carbocycles. The molecule has 4 nitrogen and oxygen atoms in total. The molecule has 1 rings (SSSR count). The molecule has 1 amide bonds. The molecular formula is C15H21NO3S2. The summed E-state index contributed by atoms with van der Waals surface area (Å²) in [5.74, 6) is 0.503. The summed E-state index contributed by atoms with van der Waals surface area (Å²) in [6.07, 6.45) is -0.670. The van der Waals surface area contributed by atoms with E-state index in [0.29, 0.717) is 18.1 Å². The second-order valence-corrected chi connectivity index (χ2v) is 6.82. The summed E-state index contributed by atoms with van der Waals surface area (Å²) in [7, 11) is 0. The quantitative estimate of drug-likeness (QED) is 0.566. The Labute approximate surface area is 134 Å². The van der Waals surface area contributed by atoms with Crippen LogP contribution in [0.4, 0.5) is 0 Å². The van der Waals surface area contributed by atoms with Crippen LogP contribution in [-0.4, -0.2) is 40.3 Å². The molecule has 1 unspecified atom stereocenters. The lowest BCUT2D eigenvalue weighted by atomic mass is 10.1. The maximum atomic E-state index is 11.9. The van der Waals surface area contributed by atoms with Crippen molar-refractivity contribution in [1.82, 2.24) is 5.32 Å². The first kappa shape index (κ1) is 18.1. The molecule has 0 aliphatic heterocycles. The van der Waals surface area contributed by atoms with E-state index in [1.54, 1.807) is 6.92 Å². The zero-order valence-corrected chi connectivity index (χ0v) is 13.9. The van der Waals surface area contributed by atoms with Gasteiger partial charge in [-0.05, 0) is 12.1 Å². The standard InChI is InChI=1S/C15H21NO3S2/c1-11(15(19)20-9-8-16-12(2)17)14(18)10-21-13-6-4-3-5-7-13/h3-7,11,14,18H,8-10H2,1-2H3,(H,16,17)/t11?,14-/m1/s1. The van der Waals surface area contributed by atoms with Crippen LogP contribution in [0.1, 0.15) is 13.8 Å². The van der Waals surface area contributed by atoms with Crippen molar-refractivity contribution in [1.29, 1.82) is 0 Å². The first-order valence-electron chi connectivity index (χ1n) is 6.77. The predicted octanol–water partition coefficient (Wildman–Crippen LogP) is 2.17. The summed E-state index contributed by atoms with van der Waals surface area (Å²) in [5.41, 5.74) is 0. The minimum absolute atomic E-state index is 0.0403. The number of amides is 1. The van der Waals surface area contributed by atoms with E-state index >= 15 is 0 Å². The number of nitrogens with one attached hydrogen (secondary N) is 1. The Balaban J connectivity index is 2.27. The van der Waals surface area contributed by atoms with Gasteiger partial charge in [0.1, 0.15) is 0 Å². The van der Waals surface area contributed by atoms with Crippen molar-refractivity contribution in [2.24, 2.45) is 5.92 Å². The highest BCUT2D eigenvalue weighted by Gasteiger charge is 2.22. The molecular weight excluding hydrogens is 306 g/mol. The molecule has 0 aliphatic rings. The van der Waals surface area contributed by atoms with Crippen molar-refractivity contribution in [3.8, 4) is 0 Å². The van der Waals surface area contributed by atoms with E-state index in [1.807, 2.05) is 30.3 Å². The SMILES string of the molecule is CC(=O)NCCSC(=O)C(C)[C@H](O)CSc1ccccc1. The van der Waals surface area contributed by atoms with Gasteiger partial charge in [-0.1, -0.05) is 36.9 Å². The van der Waals surface area contributed by atoms with Gasteiger partial charge in [-0.15, -0.1) is 11.8 Å². The second kappa shape index (κ2) is 9.87. The lowest BCUT2D eigenvalue weighted by Gasteiger charge is -2.17. The monoisotopic (exact) mass is 327 g/mol. The topological polar surface area (TPSA) is 66.4 Å². The van der Waals surface area contributed by atoms with Crippen molar-refractivity contribution in [3.05, 3.63) is 30.3 Å². The van der Waals surface area contributed by atoms with Gasteiger partial charge in [0.15, 0.2) is 5.12 Å². The Morgan fingerprint density at radius 1 is 1.29 bits per heavy atom. The maximum absolute atomic E-state index is 11.9. The fraction of sp³-hybridized carbons (Fsp3) is 0.467. The summed E-state index contributed by atoms with van der Waals surface area (Å²) in [5, 5.41) is 12.7. The second-order valence-electron chi connectivity index (χ2n) is 4.63. The highest BCUT2D eigenvalue weighted by Crippen LogP contribution is 2.22. The van der Waals surface area contributed by atoms with Crippen LogP contribution in [0.5, 0.6) is 0 Å². The Kier molecular flexibility index (Phi) is 8.49. The number of aliphatic hydroxyl groups excluding tert-OH is 1. The Bertz CT molecular complexity index is 453. The molecule has 6 heteroatoms. The highest BCUT2D eigenvalue weighted by molar-refractivity contribution is 8.13. The fourth-order valence-electron chi connectivity index (χ4n) is 1.51. The van der Waals surface area contributed by atoms with E-state index in [0.717, 1.165) is 16.7 Å². The highest BCUT2D eigenvalue weighted by atomic mass is 32.2. The molecule has 1 aromatic rings. The third-order valence-corrected chi connectivity index (χ3v) is 5.01. The van der Waals surface area contributed by atoms with Crippen molar-refractivity contribution >= 4 is 34.5 Å². The average molecular weight is 327 g/mol. The first-order valence-corrected chi connectivity index (χ1v) is 8.75. The smallest absolute Gasteiger partial charge is 0.216 e. The summed E-state index contributed by atoms with van der Waals surface area (Å²) in [6.45, 7) is 3.65. The van der Waals surface area contributed by atoms with Gasteiger partial charge in [0, 0.05) is 29.9 Å². The van der Waals surface area contributed by atoms with Crippen molar-refractivity contribution in [2.45, 2.75) is 24.8 Å². The number of thioether (sulfide) groups is 2. The molecule has 0 saturated heterocycles. The molecule has 0 heterocycles. The fourth-order valence-corrected chi connectivity index (χ4v) is 3.34. The average Bonchev–Trinajstić information content (AvgIpc) is 2.49. The zero-order valence-electron chi connectivity index (χ0n) is 12.2. The number of hydrogen-bond donors (Lipinski definition) is 2. The maximum Gasteiger partial charge on any atom is 0.216 e. The summed E-state index contributed by atoms with van der Waals surface area (Å²) in [4.78, 5) is 23.7. The molecule has 0 radical (unpaired) electrons. The minimum atomic E-state index is -0.670. The van der Waals surface area contributed by atoms with Gasteiger partial charge in [-0.25, -0.2) is 0 Å². The predicted molar refractivity (Wildman–Crippen MR) is 88.5 cm³/mol. The number of hydrogen-bond acceptors (Lipinski definition) is 5. The molecule has 1 aromatic carbocycles. The molecule has 0 saturated carbocycles. The van der Waals surface area contributed by atoms with Gasteiger partial charge < -0.3 is 10.4 Å². The van der Waals surface area contributed by atoms with Crippen LogP contribution in [0.3, 0.4) is 0 Å². The molecule has 0 aromatic heterocycles. The largest absolute Gasteiger partial charge is 0.391 e. The van der Waals surface area contributed by atoms with Crippen molar-refractivity contribution in [2.75, 3.05) is 18.1 Å². The number of carbonyl (C=O) groups is 2. The number of benzene rings is 1. The summed E-state index contributed by atoms with van der Waals surface area (Å²) < 4.78 is 0. The van der Waals surface area contributed by atoms with Crippen LogP contribution in [-0.2, 0) is 9.59 Å². The number of aliphatic hydroxyl groups is 1. The molecule has 116 valence electrons. The number of carbonyl (C=O) groups excluding carboxylic acids is 2. The van der Waals surface area contributed by atoms with Gasteiger partial charge in [-0.2, -0.15) is 0 Å². The lowest BCUT2D eigenvalue weighted by Crippen LogP contribution is -2.27. The van der Waals surface area contributed by atoms with Crippen LogP contribution in [0, 0.1) is 5.92 Å². The number of rotatable bonds is 8. The first-order chi connectivity index (χ1) is 10.0. The lowest BCUT2D eigenvalue weighted by molar-refractivity contribution is -0.119. The molecule has 21 heavy (non-hydrogen) atoms. The van der Waals surface area contributed by atoms with Gasteiger partial charge in [0.25, 0.3) is 0 Å². The molecule has 0 bridgehead atoms. The van der Waals surface area contributed by atoms with Crippen molar-refractivity contribution in [3.63, 3.8) is 0 Å². The van der Waals surface area contributed by atoms with E-state index in [1.165, 1.54) is 18.7 Å². The van der Waals surface area contributed by atoms with Gasteiger partial charge in [0.2, 0.25) is 5.91 Å². The van der Waals surface area contributed by atoms with Crippen LogP contribution in [0.15, 0.2) is 35.2 Å². The molecule has 2 N–H and O–H groups in total. The van der Waals surface area contributed by atoms with E-state index in [9.17, 15) is 14.7 Å². The Morgan fingerprint density at radius 2 is 1.95 bits per heavy atom. The van der Waals surface area contributed by atoms with Crippen LogP contribution >= 0.6 is 23.5 Å². The van der Waals surface area contributed by atoms with E-state index in [4.69, 9.17) is 0 Å². The minimum Gasteiger partial charge on any atom is -0.391 e. The Hall–Kier alpha value is -0.980. The van der Waals surface area contributed by atoms with E-state index < -0.39 is 12.0 Å². The van der Waals surface area contributed by atoms with E-state index in [2.05, 4.69) is 5.32 Å². The zero-order chi connectivity index (χ0) is 15.7. The third-order valence-electron chi connectivity index (χ3n) is 2.83. The van der Waals surface area contributed by atoms with Crippen LogP contribution in [0.25, 0.3) is 0 Å². The molecule has 0 spiro atoms. The molecule has 0 fully saturated rings. The summed E-state index contributed by atoms with van der Waals surface area (Å²) >= 11 is 2.69. The normalized spacial score (nSPS) is 13.5. The Morgan fingerprint density at radius 3 is 2.57 bits per heavy atom. The summed E-state index contributed by atoms with van der Waals surface area (Å²) in [6, 6.07) is 9.79. The van der Waals surface area contributed by atoms with Gasteiger partial charge >= 0.3 is 0 Å². The molecule has 2 atom stereocenters. The van der Waals surface area contributed by atoms with Crippen LogP contribution < -0.4 is 5.32 Å². The van der Waals surface area contributed by atoms with E-state index in [-0.39, 0.29) is 11.0 Å². The van der Waals surface area contributed by atoms with Crippen molar-refractivity contribution < 1.29 is 14.7 Å².